The van der Waals surface area contributed by atoms with E-state index in [2.05, 4.69) is 0 Å². The van der Waals surface area contributed by atoms with Crippen molar-refractivity contribution in [1.82, 2.24) is 0 Å². The number of nitrogens with zero attached hydrogens (tertiary/aromatic N) is 1. The van der Waals surface area contributed by atoms with E-state index in [-0.39, 0.29) is 11.3 Å². The summed E-state index contributed by atoms with van der Waals surface area (Å²) in [5.41, 5.74) is 7.23. The molecule has 0 radical (unpaired) electrons. The molecule has 0 atom stereocenters. The van der Waals surface area contributed by atoms with Crippen molar-refractivity contribution >= 4 is 29.0 Å². The molecule has 0 fully saturated rings. The molecular formula is C15H12N2O4. The lowest BCUT2D eigenvalue weighted by atomic mass is 10.0. The van der Waals surface area contributed by atoms with Crippen LogP contribution >= 0.6 is 0 Å². The molecule has 6 nitrogen and oxygen atoms in total. The molecule has 0 amide bonds. The van der Waals surface area contributed by atoms with Crippen LogP contribution in [0.1, 0.15) is 11.1 Å². The topological polar surface area (TPSA) is 106 Å². The van der Waals surface area contributed by atoms with Crippen molar-refractivity contribution in [3.8, 4) is 0 Å². The van der Waals surface area contributed by atoms with Crippen LogP contribution in [0.2, 0.25) is 0 Å². The summed E-state index contributed by atoms with van der Waals surface area (Å²) in [7, 11) is 0. The number of nitro benzene ring substituents is 1. The van der Waals surface area contributed by atoms with E-state index in [9.17, 15) is 20.0 Å². The number of benzene rings is 2. The van der Waals surface area contributed by atoms with Gasteiger partial charge in [-0.3, -0.25) is 10.1 Å². The molecule has 3 N–H and O–H groups in total. The third-order valence-electron chi connectivity index (χ3n) is 2.87. The summed E-state index contributed by atoms with van der Waals surface area (Å²) in [6.07, 6.45) is 1.46. The third-order valence-corrected chi connectivity index (χ3v) is 2.87. The molecule has 6 heteroatoms. The van der Waals surface area contributed by atoms with Gasteiger partial charge < -0.3 is 10.8 Å². The molecule has 0 unspecified atom stereocenters. The summed E-state index contributed by atoms with van der Waals surface area (Å²) in [6.45, 7) is 0. The number of nitrogen functional groups attached to an aromatic ring is 1. The Labute approximate surface area is 120 Å². The average molecular weight is 284 g/mol. The number of carboxylic acid groups (broad SMARTS) is 1. The van der Waals surface area contributed by atoms with Gasteiger partial charge in [0.25, 0.3) is 5.69 Å². The van der Waals surface area contributed by atoms with Crippen LogP contribution in [0.5, 0.6) is 0 Å². The number of carboxylic acids is 1. The molecule has 21 heavy (non-hydrogen) atoms. The molecule has 2 aromatic carbocycles. The Morgan fingerprint density at radius 3 is 2.14 bits per heavy atom. The monoisotopic (exact) mass is 284 g/mol. The minimum Gasteiger partial charge on any atom is -0.478 e. The Morgan fingerprint density at radius 1 is 1.10 bits per heavy atom. The van der Waals surface area contributed by atoms with E-state index in [1.807, 2.05) is 0 Å². The molecule has 0 aliphatic heterocycles. The largest absolute Gasteiger partial charge is 0.478 e. The molecule has 0 spiro atoms. The Hall–Kier alpha value is -3.15. The first kappa shape index (κ1) is 14.3. The van der Waals surface area contributed by atoms with Gasteiger partial charge in [0, 0.05) is 17.8 Å². The Balaban J connectivity index is 2.40. The second-order valence-corrected chi connectivity index (χ2v) is 4.33. The van der Waals surface area contributed by atoms with E-state index in [1.165, 1.54) is 30.3 Å². The third kappa shape index (κ3) is 3.44. The smallest absolute Gasteiger partial charge is 0.336 e. The standard InChI is InChI=1S/C15H12N2O4/c16-12-5-3-11(4-6-12)14(15(18)19)9-10-1-7-13(8-2-10)17(20)21/h1-9H,16H2,(H,18,19). The fraction of sp³-hybridized carbons (Fsp3) is 0. The lowest BCUT2D eigenvalue weighted by Gasteiger charge is -2.04. The first-order valence-electron chi connectivity index (χ1n) is 6.03. The van der Waals surface area contributed by atoms with Crippen LogP contribution in [0.3, 0.4) is 0 Å². The SMILES string of the molecule is Nc1ccc(C(=Cc2ccc([N+](=O)[O-])cc2)C(=O)O)cc1. The maximum atomic E-state index is 11.4. The van der Waals surface area contributed by atoms with Gasteiger partial charge in [-0.15, -0.1) is 0 Å². The zero-order valence-corrected chi connectivity index (χ0v) is 10.9. The summed E-state index contributed by atoms with van der Waals surface area (Å²) in [6, 6.07) is 12.1. The summed E-state index contributed by atoms with van der Waals surface area (Å²) in [4.78, 5) is 21.4. The number of aliphatic carboxylic acids is 1. The van der Waals surface area contributed by atoms with Crippen molar-refractivity contribution in [3.05, 3.63) is 69.8 Å². The molecule has 0 aliphatic rings. The second-order valence-electron chi connectivity index (χ2n) is 4.33. The van der Waals surface area contributed by atoms with Gasteiger partial charge in [-0.1, -0.05) is 12.1 Å². The van der Waals surface area contributed by atoms with Gasteiger partial charge in [0.05, 0.1) is 10.5 Å². The van der Waals surface area contributed by atoms with Gasteiger partial charge >= 0.3 is 5.97 Å². The van der Waals surface area contributed by atoms with Gasteiger partial charge in [-0.2, -0.15) is 0 Å². The van der Waals surface area contributed by atoms with Crippen LogP contribution in [0.15, 0.2) is 48.5 Å². The number of anilines is 1. The van der Waals surface area contributed by atoms with Crippen molar-refractivity contribution in [2.24, 2.45) is 0 Å². The summed E-state index contributed by atoms with van der Waals surface area (Å²) < 4.78 is 0. The van der Waals surface area contributed by atoms with Crippen LogP contribution in [-0.2, 0) is 4.79 Å². The van der Waals surface area contributed by atoms with Crippen LogP contribution in [0.25, 0.3) is 11.6 Å². The van der Waals surface area contributed by atoms with Gasteiger partial charge in [-0.05, 0) is 41.5 Å². The number of rotatable bonds is 4. The summed E-state index contributed by atoms with van der Waals surface area (Å²) in [5, 5.41) is 19.9. The highest BCUT2D eigenvalue weighted by molar-refractivity contribution is 6.20. The van der Waals surface area contributed by atoms with E-state index in [4.69, 9.17) is 5.73 Å². The van der Waals surface area contributed by atoms with Crippen molar-refractivity contribution < 1.29 is 14.8 Å². The highest BCUT2D eigenvalue weighted by Gasteiger charge is 2.11. The highest BCUT2D eigenvalue weighted by Crippen LogP contribution is 2.21. The minimum absolute atomic E-state index is 0.0449. The minimum atomic E-state index is -1.09. The predicted octanol–water partition coefficient (Wildman–Crippen LogP) is 2.80. The molecule has 106 valence electrons. The van der Waals surface area contributed by atoms with E-state index in [1.54, 1.807) is 24.3 Å². The van der Waals surface area contributed by atoms with Crippen molar-refractivity contribution in [3.63, 3.8) is 0 Å². The van der Waals surface area contributed by atoms with E-state index < -0.39 is 10.9 Å². The number of carbonyl (C=O) groups is 1. The van der Waals surface area contributed by atoms with Crippen LogP contribution in [-0.4, -0.2) is 16.0 Å². The quantitative estimate of drug-likeness (QED) is 0.295. The molecule has 2 aromatic rings. The number of hydrogen-bond acceptors (Lipinski definition) is 4. The number of non-ortho nitro benzene ring substituents is 1. The lowest BCUT2D eigenvalue weighted by Crippen LogP contribution is -2.00. The van der Waals surface area contributed by atoms with Crippen LogP contribution < -0.4 is 5.73 Å². The molecule has 0 saturated heterocycles. The number of nitro groups is 1. The van der Waals surface area contributed by atoms with Gasteiger partial charge in [0.2, 0.25) is 0 Å². The first-order chi connectivity index (χ1) is 9.97. The Kier molecular flexibility index (Phi) is 3.99. The zero-order valence-electron chi connectivity index (χ0n) is 10.9. The van der Waals surface area contributed by atoms with E-state index in [0.29, 0.717) is 16.8 Å². The molecule has 2 rings (SSSR count). The normalized spacial score (nSPS) is 11.1. The van der Waals surface area contributed by atoms with Crippen molar-refractivity contribution in [2.75, 3.05) is 5.73 Å². The molecule has 0 aliphatic carbocycles. The number of nitrogens with two attached hydrogens (primary N) is 1. The van der Waals surface area contributed by atoms with E-state index in [0.717, 1.165) is 0 Å². The zero-order chi connectivity index (χ0) is 15.4. The van der Waals surface area contributed by atoms with Crippen LogP contribution in [0, 0.1) is 10.1 Å². The van der Waals surface area contributed by atoms with Gasteiger partial charge in [0.15, 0.2) is 0 Å². The lowest BCUT2D eigenvalue weighted by molar-refractivity contribution is -0.384. The van der Waals surface area contributed by atoms with Crippen molar-refractivity contribution in [2.45, 2.75) is 0 Å². The average Bonchev–Trinajstić information content (AvgIpc) is 2.46. The predicted molar refractivity (Wildman–Crippen MR) is 79.5 cm³/mol. The maximum Gasteiger partial charge on any atom is 0.336 e. The first-order valence-corrected chi connectivity index (χ1v) is 6.03. The van der Waals surface area contributed by atoms with Gasteiger partial charge in [-0.25, -0.2) is 4.79 Å². The Morgan fingerprint density at radius 2 is 1.67 bits per heavy atom. The molecule has 0 heterocycles. The molecular weight excluding hydrogens is 272 g/mol. The Bertz CT molecular complexity index is 703. The molecule has 0 saturated carbocycles. The fourth-order valence-corrected chi connectivity index (χ4v) is 1.79. The highest BCUT2D eigenvalue weighted by atomic mass is 16.6. The molecule has 0 aromatic heterocycles. The number of hydrogen-bond donors (Lipinski definition) is 2. The summed E-state index contributed by atoms with van der Waals surface area (Å²) >= 11 is 0. The second kappa shape index (κ2) is 5.87. The maximum absolute atomic E-state index is 11.4. The van der Waals surface area contributed by atoms with Crippen molar-refractivity contribution in [1.29, 1.82) is 0 Å². The van der Waals surface area contributed by atoms with E-state index >= 15 is 0 Å². The molecule has 0 bridgehead atoms. The van der Waals surface area contributed by atoms with Crippen LogP contribution in [0.4, 0.5) is 11.4 Å². The summed E-state index contributed by atoms with van der Waals surface area (Å²) in [5.74, 6) is -1.09. The fourth-order valence-electron chi connectivity index (χ4n) is 1.79. The van der Waals surface area contributed by atoms with Gasteiger partial charge in [0.1, 0.15) is 0 Å².